The number of fused-ring (bicyclic) bond motifs is 1. The van der Waals surface area contributed by atoms with Crippen LogP contribution in [-0.4, -0.2) is 15.8 Å². The number of nitro benzene ring substituents is 1. The molecule has 1 aromatic heterocycles. The van der Waals surface area contributed by atoms with Crippen LogP contribution in [0.4, 0.5) is 11.4 Å². The Balaban J connectivity index is 1.99. The summed E-state index contributed by atoms with van der Waals surface area (Å²) in [5.41, 5.74) is 0.384. The van der Waals surface area contributed by atoms with Crippen molar-refractivity contribution < 1.29 is 9.72 Å². The van der Waals surface area contributed by atoms with Gasteiger partial charge in [0.2, 0.25) is 5.91 Å². The lowest BCUT2D eigenvalue weighted by Crippen LogP contribution is -2.09. The number of nitrogens with one attached hydrogen (secondary N) is 1. The molecule has 0 bridgehead atoms. The van der Waals surface area contributed by atoms with E-state index in [0.29, 0.717) is 17.0 Å². The number of aromatic nitrogens is 1. The Kier molecular flexibility index (Phi) is 4.95. The first-order valence-corrected chi connectivity index (χ1v) is 8.49. The Morgan fingerprint density at radius 2 is 2.08 bits per heavy atom. The van der Waals surface area contributed by atoms with Gasteiger partial charge in [0.05, 0.1) is 9.82 Å². The minimum atomic E-state index is -0.434. The van der Waals surface area contributed by atoms with Crippen LogP contribution >= 0.6 is 11.8 Å². The van der Waals surface area contributed by atoms with Gasteiger partial charge in [-0.25, -0.2) is 0 Å². The molecule has 0 saturated heterocycles. The van der Waals surface area contributed by atoms with E-state index in [2.05, 4.69) is 10.3 Å². The average Bonchev–Trinajstić information content (AvgIpc) is 2.63. The number of carbonyl (C=O) groups excluding carboxylic acids is 1. The van der Waals surface area contributed by atoms with Crippen molar-refractivity contribution in [3.8, 4) is 0 Å². The second-order valence-electron chi connectivity index (χ2n) is 5.30. The first-order valence-electron chi connectivity index (χ1n) is 7.67. The number of carbonyl (C=O) groups is 1. The number of rotatable bonds is 5. The van der Waals surface area contributed by atoms with Gasteiger partial charge in [0.25, 0.3) is 5.69 Å². The lowest BCUT2D eigenvalue weighted by atomic mass is 10.2. The Bertz CT molecular complexity index is 954. The Morgan fingerprint density at radius 1 is 1.24 bits per heavy atom. The summed E-state index contributed by atoms with van der Waals surface area (Å²) in [6.07, 6.45) is 3.77. The molecule has 6 nitrogen and oxygen atoms in total. The molecule has 0 saturated carbocycles. The van der Waals surface area contributed by atoms with Gasteiger partial charge in [-0.05, 0) is 29.7 Å². The Morgan fingerprint density at radius 3 is 2.84 bits per heavy atom. The molecule has 0 atom stereocenters. The second kappa shape index (κ2) is 7.31. The van der Waals surface area contributed by atoms with Crippen molar-refractivity contribution >= 4 is 39.8 Å². The maximum Gasteiger partial charge on any atom is 0.285 e. The zero-order valence-electron chi connectivity index (χ0n) is 13.4. The van der Waals surface area contributed by atoms with Crippen LogP contribution in [0.5, 0.6) is 0 Å². The van der Waals surface area contributed by atoms with Crippen LogP contribution in [0.15, 0.2) is 64.6 Å². The van der Waals surface area contributed by atoms with Gasteiger partial charge in [0, 0.05) is 40.8 Å². The fourth-order valence-electron chi connectivity index (χ4n) is 2.37. The molecule has 0 unspecified atom stereocenters. The topological polar surface area (TPSA) is 85.1 Å². The molecule has 0 aliphatic carbocycles. The highest BCUT2D eigenvalue weighted by atomic mass is 32.2. The summed E-state index contributed by atoms with van der Waals surface area (Å²) in [7, 11) is 0. The lowest BCUT2D eigenvalue weighted by Gasteiger charge is -2.09. The zero-order chi connectivity index (χ0) is 17.8. The molecule has 3 rings (SSSR count). The smallest absolute Gasteiger partial charge is 0.285 e. The van der Waals surface area contributed by atoms with E-state index in [0.717, 1.165) is 15.7 Å². The van der Waals surface area contributed by atoms with Crippen molar-refractivity contribution in [1.29, 1.82) is 0 Å². The van der Waals surface area contributed by atoms with Crippen molar-refractivity contribution in [2.24, 2.45) is 0 Å². The van der Waals surface area contributed by atoms with E-state index in [1.54, 1.807) is 31.5 Å². The summed E-state index contributed by atoms with van der Waals surface area (Å²) in [6.45, 7) is 1.73. The monoisotopic (exact) mass is 353 g/mol. The maximum absolute atomic E-state index is 11.5. The maximum atomic E-state index is 11.5. The van der Waals surface area contributed by atoms with Gasteiger partial charge < -0.3 is 5.32 Å². The van der Waals surface area contributed by atoms with Gasteiger partial charge in [-0.2, -0.15) is 0 Å². The van der Waals surface area contributed by atoms with E-state index >= 15 is 0 Å². The van der Waals surface area contributed by atoms with Crippen molar-refractivity contribution in [3.63, 3.8) is 0 Å². The third-order valence-electron chi connectivity index (χ3n) is 3.62. The molecule has 1 amide bonds. The van der Waals surface area contributed by atoms with Crippen molar-refractivity contribution in [3.05, 3.63) is 65.0 Å². The highest BCUT2D eigenvalue weighted by Crippen LogP contribution is 2.39. The zero-order valence-corrected chi connectivity index (χ0v) is 14.2. The molecule has 1 N–H and O–H groups in total. The van der Waals surface area contributed by atoms with Crippen LogP contribution in [0.2, 0.25) is 0 Å². The summed E-state index contributed by atoms with van der Waals surface area (Å²) in [6, 6.07) is 12.4. The third-order valence-corrected chi connectivity index (χ3v) is 4.76. The molecule has 0 aliphatic rings. The predicted octanol–water partition coefficient (Wildman–Crippen LogP) is 4.64. The van der Waals surface area contributed by atoms with E-state index < -0.39 is 4.92 Å². The van der Waals surface area contributed by atoms with E-state index in [1.165, 1.54) is 17.8 Å². The molecule has 0 aliphatic heterocycles. The van der Waals surface area contributed by atoms with Crippen molar-refractivity contribution in [2.75, 3.05) is 5.32 Å². The normalized spacial score (nSPS) is 10.6. The molecule has 7 heteroatoms. The van der Waals surface area contributed by atoms with Crippen LogP contribution in [0.25, 0.3) is 10.8 Å². The SMILES string of the molecule is CCC(=O)Nc1ccc(Sc2cccc3cnccc23)c([N+](=O)[O-])c1. The first kappa shape index (κ1) is 16.9. The molecule has 1 heterocycles. The molecular weight excluding hydrogens is 338 g/mol. The number of amides is 1. The average molecular weight is 353 g/mol. The number of anilines is 1. The third kappa shape index (κ3) is 3.77. The van der Waals surface area contributed by atoms with Gasteiger partial charge in [0.15, 0.2) is 0 Å². The van der Waals surface area contributed by atoms with Crippen LogP contribution in [0.1, 0.15) is 13.3 Å². The highest BCUT2D eigenvalue weighted by Gasteiger charge is 2.17. The summed E-state index contributed by atoms with van der Waals surface area (Å²) in [5, 5.41) is 16.1. The number of hydrogen-bond acceptors (Lipinski definition) is 5. The number of nitro groups is 1. The van der Waals surface area contributed by atoms with E-state index in [9.17, 15) is 14.9 Å². The van der Waals surface area contributed by atoms with Crippen molar-refractivity contribution in [2.45, 2.75) is 23.1 Å². The fourth-order valence-corrected chi connectivity index (χ4v) is 3.43. The van der Waals surface area contributed by atoms with Crippen molar-refractivity contribution in [1.82, 2.24) is 4.98 Å². The van der Waals surface area contributed by atoms with Gasteiger partial charge in [-0.3, -0.25) is 19.9 Å². The number of hydrogen-bond donors (Lipinski definition) is 1. The lowest BCUT2D eigenvalue weighted by molar-refractivity contribution is -0.387. The number of benzene rings is 2. The molecule has 126 valence electrons. The molecular formula is C18H15N3O3S. The van der Waals surface area contributed by atoms with Gasteiger partial charge >= 0.3 is 0 Å². The van der Waals surface area contributed by atoms with Crippen LogP contribution < -0.4 is 5.32 Å². The largest absolute Gasteiger partial charge is 0.326 e. The molecule has 3 aromatic rings. The first-order chi connectivity index (χ1) is 12.1. The van der Waals surface area contributed by atoms with Gasteiger partial charge in [-0.15, -0.1) is 0 Å². The predicted molar refractivity (Wildman–Crippen MR) is 97.9 cm³/mol. The standard InChI is InChI=1S/C18H15N3O3S/c1-2-18(22)20-13-6-7-17(15(10-13)21(23)24)25-16-5-3-4-12-11-19-9-8-14(12)16/h3-11H,2H2,1H3,(H,20,22). The summed E-state index contributed by atoms with van der Waals surface area (Å²) < 4.78 is 0. The summed E-state index contributed by atoms with van der Waals surface area (Å²) in [4.78, 5) is 28.0. The Hall–Kier alpha value is -2.93. The van der Waals surface area contributed by atoms with Crippen LogP contribution in [0.3, 0.4) is 0 Å². The van der Waals surface area contributed by atoms with Crippen LogP contribution in [0, 0.1) is 10.1 Å². The second-order valence-corrected chi connectivity index (χ2v) is 6.38. The summed E-state index contributed by atoms with van der Waals surface area (Å²) >= 11 is 1.32. The van der Waals surface area contributed by atoms with E-state index in [-0.39, 0.29) is 11.6 Å². The molecule has 0 spiro atoms. The van der Waals surface area contributed by atoms with Gasteiger partial charge in [-0.1, -0.05) is 30.8 Å². The fraction of sp³-hybridized carbons (Fsp3) is 0.111. The van der Waals surface area contributed by atoms with Crippen LogP contribution in [-0.2, 0) is 4.79 Å². The quantitative estimate of drug-likeness (QED) is 0.533. The Labute approximate surface area is 148 Å². The molecule has 0 fully saturated rings. The minimum absolute atomic E-state index is 0.0371. The minimum Gasteiger partial charge on any atom is -0.326 e. The van der Waals surface area contributed by atoms with E-state index in [1.807, 2.05) is 24.3 Å². The highest BCUT2D eigenvalue weighted by molar-refractivity contribution is 7.99. The number of nitrogens with zero attached hydrogens (tertiary/aromatic N) is 2. The molecule has 0 radical (unpaired) electrons. The summed E-state index contributed by atoms with van der Waals surface area (Å²) in [5.74, 6) is -0.184. The van der Waals surface area contributed by atoms with Gasteiger partial charge in [0.1, 0.15) is 0 Å². The molecule has 2 aromatic carbocycles. The number of pyridine rings is 1. The van der Waals surface area contributed by atoms with E-state index in [4.69, 9.17) is 0 Å². The molecule has 25 heavy (non-hydrogen) atoms.